The summed E-state index contributed by atoms with van der Waals surface area (Å²) in [5.41, 5.74) is 11.5. The zero-order chi connectivity index (χ0) is 21.1. The molecule has 2 aromatic rings. The molecule has 3 N–H and O–H groups in total. The molecule has 0 unspecified atom stereocenters. The third kappa shape index (κ3) is 5.67. The second-order valence-electron chi connectivity index (χ2n) is 5.71. The number of benzene rings is 2. The molecule has 2 aromatic carbocycles. The van der Waals surface area contributed by atoms with Gasteiger partial charge in [-0.1, -0.05) is 22.8 Å². The summed E-state index contributed by atoms with van der Waals surface area (Å²) in [5, 5.41) is 5.80. The number of ether oxygens (including phenoxy) is 1. The van der Waals surface area contributed by atoms with Crippen LogP contribution in [-0.2, 0) is 22.4 Å². The average Bonchev–Trinajstić information content (AvgIpc) is 2.55. The summed E-state index contributed by atoms with van der Waals surface area (Å²) < 4.78 is 67.6. The molecule has 12 heteroatoms. The average molecular weight is 435 g/mol. The summed E-state index contributed by atoms with van der Waals surface area (Å²) in [6, 6.07) is 6.31. The van der Waals surface area contributed by atoms with Gasteiger partial charge in [-0.3, -0.25) is 0 Å². The van der Waals surface area contributed by atoms with Gasteiger partial charge in [0.25, 0.3) is 0 Å². The first kappa shape index (κ1) is 21.6. The molecule has 0 saturated carbocycles. The minimum atomic E-state index is -4.65. The zero-order valence-corrected chi connectivity index (χ0v) is 15.9. The van der Waals surface area contributed by atoms with E-state index in [1.54, 1.807) is 0 Å². The van der Waals surface area contributed by atoms with E-state index in [1.165, 1.54) is 24.3 Å². The number of sulfone groups is 1. The number of alkyl halides is 3. The molecule has 0 fully saturated rings. The highest BCUT2D eigenvalue weighted by Crippen LogP contribution is 2.34. The topological polar surface area (TPSA) is 118 Å². The van der Waals surface area contributed by atoms with E-state index in [0.29, 0.717) is 5.56 Å². The molecule has 0 saturated heterocycles. The Hall–Kier alpha value is -2.66. The van der Waals surface area contributed by atoms with Crippen LogP contribution in [0.4, 0.5) is 13.2 Å². The van der Waals surface area contributed by atoms with Crippen molar-refractivity contribution in [1.82, 2.24) is 0 Å². The zero-order valence-electron chi connectivity index (χ0n) is 14.3. The lowest BCUT2D eigenvalue weighted by molar-refractivity contribution is -0.137. The van der Waals surface area contributed by atoms with E-state index in [2.05, 4.69) is 10.3 Å². The lowest BCUT2D eigenvalue weighted by atomic mass is 10.0. The molecule has 0 aromatic heterocycles. The Morgan fingerprint density at radius 3 is 2.46 bits per heavy atom. The third-order valence-corrected chi connectivity index (χ3v) is 4.97. The van der Waals surface area contributed by atoms with E-state index in [-0.39, 0.29) is 27.7 Å². The van der Waals surface area contributed by atoms with Crippen LogP contribution in [0.15, 0.2) is 51.6 Å². The van der Waals surface area contributed by atoms with Gasteiger partial charge >= 0.3 is 12.2 Å². The second-order valence-corrected chi connectivity index (χ2v) is 8.13. The molecule has 150 valence electrons. The van der Waals surface area contributed by atoms with E-state index < -0.39 is 27.6 Å². The summed E-state index contributed by atoms with van der Waals surface area (Å²) in [6.45, 7) is 0. The number of nitrogens with two attached hydrogens (primary N) is 1. The van der Waals surface area contributed by atoms with Crippen molar-refractivity contribution in [2.45, 2.75) is 17.5 Å². The Labute approximate surface area is 163 Å². The van der Waals surface area contributed by atoms with Crippen molar-refractivity contribution in [1.29, 1.82) is 5.53 Å². The highest BCUT2D eigenvalue weighted by Gasteiger charge is 2.31. The molecule has 0 aliphatic rings. The first-order valence-electron chi connectivity index (χ1n) is 7.47. The van der Waals surface area contributed by atoms with Crippen molar-refractivity contribution in [3.05, 3.63) is 58.1 Å². The van der Waals surface area contributed by atoms with Crippen molar-refractivity contribution in [2.24, 2.45) is 16.1 Å². The van der Waals surface area contributed by atoms with Crippen molar-refractivity contribution in [3.63, 3.8) is 0 Å². The summed E-state index contributed by atoms with van der Waals surface area (Å²) in [4.78, 5) is -0.00237. The first-order valence-corrected chi connectivity index (χ1v) is 9.74. The van der Waals surface area contributed by atoms with Gasteiger partial charge < -0.3 is 10.5 Å². The lowest BCUT2D eigenvalue weighted by Crippen LogP contribution is -2.19. The largest absolute Gasteiger partial charge is 0.425 e. The predicted molar refractivity (Wildman–Crippen MR) is 96.2 cm³/mol. The Balaban J connectivity index is 2.44. The van der Waals surface area contributed by atoms with Crippen LogP contribution in [0.3, 0.4) is 0 Å². The van der Waals surface area contributed by atoms with E-state index in [9.17, 15) is 21.6 Å². The van der Waals surface area contributed by atoms with Gasteiger partial charge in [0.15, 0.2) is 9.84 Å². The molecule has 0 aliphatic heterocycles. The van der Waals surface area contributed by atoms with Gasteiger partial charge in [-0.15, -0.1) is 0 Å². The molecular weight excluding hydrogens is 421 g/mol. The summed E-state index contributed by atoms with van der Waals surface area (Å²) >= 11 is 6.09. The monoisotopic (exact) mass is 434 g/mol. The van der Waals surface area contributed by atoms with Crippen LogP contribution < -0.4 is 10.5 Å². The van der Waals surface area contributed by atoms with Gasteiger partial charge in [0.2, 0.25) is 0 Å². The van der Waals surface area contributed by atoms with Gasteiger partial charge in [-0.25, -0.2) is 8.42 Å². The van der Waals surface area contributed by atoms with Crippen LogP contribution in [0.2, 0.25) is 5.02 Å². The standard InChI is InChI=1S/C16H14ClF3N4O3S/c1-28(25,26)13-3-2-10(14(17)8-13)4-9-5-11(16(18,19)20)7-12(6-9)27-15(21)23-24-22/h2-3,5-8H,4H2,1H3,(H3,21,22,23). The van der Waals surface area contributed by atoms with E-state index in [0.717, 1.165) is 18.4 Å². The maximum Gasteiger partial charge on any atom is 0.416 e. The van der Waals surface area contributed by atoms with Crippen LogP contribution >= 0.6 is 11.6 Å². The minimum absolute atomic E-state index is 0.00237. The first-order chi connectivity index (χ1) is 12.9. The maximum absolute atomic E-state index is 13.2. The van der Waals surface area contributed by atoms with Gasteiger partial charge in [0.05, 0.1) is 10.5 Å². The van der Waals surface area contributed by atoms with Crippen molar-refractivity contribution < 1.29 is 26.3 Å². The molecule has 0 amide bonds. The molecule has 0 radical (unpaired) electrons. The second kappa shape index (κ2) is 8.15. The molecular formula is C16H14ClF3N4O3S. The highest BCUT2D eigenvalue weighted by molar-refractivity contribution is 7.90. The van der Waals surface area contributed by atoms with Crippen molar-refractivity contribution >= 4 is 27.5 Å². The Morgan fingerprint density at radius 2 is 1.93 bits per heavy atom. The molecule has 0 aliphatic carbocycles. The Morgan fingerprint density at radius 1 is 1.25 bits per heavy atom. The molecule has 0 atom stereocenters. The fourth-order valence-electron chi connectivity index (χ4n) is 2.30. The highest BCUT2D eigenvalue weighted by atomic mass is 35.5. The Kier molecular flexibility index (Phi) is 6.30. The maximum atomic E-state index is 13.2. The van der Waals surface area contributed by atoms with Gasteiger partial charge in [-0.05, 0) is 53.1 Å². The summed E-state index contributed by atoms with van der Waals surface area (Å²) in [6.07, 6.45) is -3.66. The minimum Gasteiger partial charge on any atom is -0.425 e. The fourth-order valence-corrected chi connectivity index (χ4v) is 3.26. The number of rotatable bonds is 5. The Bertz CT molecular complexity index is 1040. The van der Waals surface area contributed by atoms with Gasteiger partial charge in [-0.2, -0.15) is 18.7 Å². The fraction of sp³-hybridized carbons (Fsp3) is 0.188. The molecule has 7 nitrogen and oxygen atoms in total. The van der Waals surface area contributed by atoms with Crippen LogP contribution in [0, 0.1) is 5.53 Å². The van der Waals surface area contributed by atoms with Crippen molar-refractivity contribution in [3.8, 4) is 5.75 Å². The predicted octanol–water partition coefficient (Wildman–Crippen LogP) is 3.99. The molecule has 0 spiro atoms. The number of amidine groups is 1. The van der Waals surface area contributed by atoms with Gasteiger partial charge in [0.1, 0.15) is 5.75 Å². The molecule has 28 heavy (non-hydrogen) atoms. The summed E-state index contributed by atoms with van der Waals surface area (Å²) in [7, 11) is -3.47. The molecule has 0 bridgehead atoms. The van der Waals surface area contributed by atoms with E-state index in [1.807, 2.05) is 0 Å². The lowest BCUT2D eigenvalue weighted by Gasteiger charge is -2.13. The van der Waals surface area contributed by atoms with E-state index in [4.69, 9.17) is 27.6 Å². The van der Waals surface area contributed by atoms with Crippen LogP contribution in [0.5, 0.6) is 5.75 Å². The van der Waals surface area contributed by atoms with E-state index >= 15 is 0 Å². The number of hydrogen-bond donors (Lipinski definition) is 2. The number of halogens is 4. The normalized spacial score (nSPS) is 12.7. The molecule has 2 rings (SSSR count). The van der Waals surface area contributed by atoms with Crippen LogP contribution in [0.25, 0.3) is 0 Å². The smallest absolute Gasteiger partial charge is 0.416 e. The van der Waals surface area contributed by atoms with Crippen molar-refractivity contribution in [2.75, 3.05) is 6.26 Å². The summed E-state index contributed by atoms with van der Waals surface area (Å²) in [5.74, 6) is -0.251. The molecule has 0 heterocycles. The quantitative estimate of drug-likeness (QED) is 0.320. The SMILES string of the molecule is CS(=O)(=O)c1ccc(Cc2cc(O/C(N)=N/N=N)cc(C(F)(F)F)c2)c(Cl)c1. The van der Waals surface area contributed by atoms with Gasteiger partial charge in [0, 0.05) is 11.3 Å². The number of hydrogen-bond acceptors (Lipinski definition) is 5. The van der Waals surface area contributed by atoms with Crippen LogP contribution in [0.1, 0.15) is 16.7 Å². The van der Waals surface area contributed by atoms with Crippen LogP contribution in [-0.4, -0.2) is 20.7 Å². The third-order valence-electron chi connectivity index (χ3n) is 3.51. The number of nitrogens with one attached hydrogen (secondary N) is 1. The number of nitrogens with zero attached hydrogens (tertiary/aromatic N) is 2.